The first-order valence-corrected chi connectivity index (χ1v) is 14.1. The predicted molar refractivity (Wildman–Crippen MR) is 140 cm³/mol. The Bertz CT molecular complexity index is 864. The predicted octanol–water partition coefficient (Wildman–Crippen LogP) is 10.3. The van der Waals surface area contributed by atoms with Crippen LogP contribution in [0.5, 0.6) is 0 Å². The van der Waals surface area contributed by atoms with Gasteiger partial charge in [-0.15, -0.1) is 0 Å². The molecular formula is C14Br10O3. The van der Waals surface area contributed by atoms with E-state index in [4.69, 9.17) is 4.74 Å². The summed E-state index contributed by atoms with van der Waals surface area (Å²) in [6, 6.07) is 0. The largest absolute Gasteiger partial charge is 0.386 e. The van der Waals surface area contributed by atoms with Crippen molar-refractivity contribution in [3.05, 3.63) is 55.9 Å². The Kier molecular flexibility index (Phi) is 9.81. The molecule has 0 radical (unpaired) electrons. The van der Waals surface area contributed by atoms with Gasteiger partial charge in [0.05, 0.1) is 11.1 Å². The second kappa shape index (κ2) is 10.3. The minimum atomic E-state index is -0.832. The minimum absolute atomic E-state index is 0.146. The summed E-state index contributed by atoms with van der Waals surface area (Å²) in [6.07, 6.45) is 0. The van der Waals surface area contributed by atoms with E-state index >= 15 is 0 Å². The van der Waals surface area contributed by atoms with Gasteiger partial charge in [-0.3, -0.25) is 0 Å². The maximum atomic E-state index is 12.7. The van der Waals surface area contributed by atoms with E-state index in [0.717, 1.165) is 0 Å². The van der Waals surface area contributed by atoms with Crippen LogP contribution < -0.4 is 0 Å². The van der Waals surface area contributed by atoms with Crippen LogP contribution in [-0.4, -0.2) is 11.9 Å². The molecule has 0 fully saturated rings. The van der Waals surface area contributed by atoms with E-state index in [1.807, 2.05) is 0 Å². The number of hydrogen-bond donors (Lipinski definition) is 0. The molecule has 2 aromatic rings. The molecule has 13 heteroatoms. The van der Waals surface area contributed by atoms with Crippen LogP contribution in [0.15, 0.2) is 44.7 Å². The lowest BCUT2D eigenvalue weighted by Crippen LogP contribution is -2.16. The van der Waals surface area contributed by atoms with Crippen LogP contribution in [0.1, 0.15) is 20.7 Å². The van der Waals surface area contributed by atoms with Crippen LogP contribution in [-0.2, 0) is 4.74 Å². The lowest BCUT2D eigenvalue weighted by Gasteiger charge is -2.14. The number of esters is 2. The van der Waals surface area contributed by atoms with Gasteiger partial charge in [0.25, 0.3) is 0 Å². The number of carbonyl (C=O) groups excluding carboxylic acids is 2. The van der Waals surface area contributed by atoms with Gasteiger partial charge >= 0.3 is 11.9 Å². The second-order valence-corrected chi connectivity index (χ2v) is 12.5. The van der Waals surface area contributed by atoms with Gasteiger partial charge in [0, 0.05) is 44.7 Å². The molecule has 0 atom stereocenters. The fraction of sp³-hybridized carbons (Fsp3) is 0. The standard InChI is InChI=1S/C14Br10O3/c15-3-1(4(16)8(20)11(23)7(3)19)13(25)27-14(26)2-5(17)9(21)12(24)10(22)6(2)18. The van der Waals surface area contributed by atoms with Crippen molar-refractivity contribution in [1.29, 1.82) is 0 Å². The first-order valence-electron chi connectivity index (χ1n) is 6.21. The highest BCUT2D eigenvalue weighted by Crippen LogP contribution is 2.46. The van der Waals surface area contributed by atoms with E-state index in [1.165, 1.54) is 0 Å². The molecule has 3 nitrogen and oxygen atoms in total. The van der Waals surface area contributed by atoms with E-state index in [2.05, 4.69) is 159 Å². The van der Waals surface area contributed by atoms with Gasteiger partial charge in [-0.1, -0.05) is 0 Å². The summed E-state index contributed by atoms with van der Waals surface area (Å²) < 4.78 is 10.6. The van der Waals surface area contributed by atoms with Gasteiger partial charge in [-0.2, -0.15) is 0 Å². The van der Waals surface area contributed by atoms with E-state index in [-0.39, 0.29) is 11.1 Å². The van der Waals surface area contributed by atoms with Crippen molar-refractivity contribution in [2.45, 2.75) is 0 Å². The number of hydrogen-bond acceptors (Lipinski definition) is 3. The maximum absolute atomic E-state index is 12.7. The van der Waals surface area contributed by atoms with Crippen LogP contribution in [0, 0.1) is 0 Å². The molecular weight excluding hydrogens is 1020 g/mol. The van der Waals surface area contributed by atoms with Gasteiger partial charge in [0.2, 0.25) is 0 Å². The molecule has 0 amide bonds. The van der Waals surface area contributed by atoms with Crippen molar-refractivity contribution in [2.24, 2.45) is 0 Å². The fourth-order valence-corrected chi connectivity index (χ4v) is 8.50. The van der Waals surface area contributed by atoms with Crippen LogP contribution in [0.4, 0.5) is 0 Å². The highest BCUT2D eigenvalue weighted by Gasteiger charge is 2.29. The molecule has 0 N–H and O–H groups in total. The summed E-state index contributed by atoms with van der Waals surface area (Å²) in [4.78, 5) is 25.4. The zero-order valence-electron chi connectivity index (χ0n) is 12.0. The van der Waals surface area contributed by atoms with Gasteiger partial charge in [0.15, 0.2) is 0 Å². The van der Waals surface area contributed by atoms with Gasteiger partial charge < -0.3 is 4.74 Å². The Hall–Kier alpha value is 2.38. The lowest BCUT2D eigenvalue weighted by molar-refractivity contribution is 0.0395. The summed E-state index contributed by atoms with van der Waals surface area (Å²) in [5, 5.41) is 0. The monoisotopic (exact) mass is 1010 g/mol. The van der Waals surface area contributed by atoms with Crippen LogP contribution >= 0.6 is 159 Å². The third-order valence-corrected chi connectivity index (χ3v) is 15.2. The van der Waals surface area contributed by atoms with Crippen molar-refractivity contribution in [2.75, 3.05) is 0 Å². The number of halogens is 10. The van der Waals surface area contributed by atoms with Gasteiger partial charge in [-0.25, -0.2) is 9.59 Å². The summed E-state index contributed by atoms with van der Waals surface area (Å²) in [6.45, 7) is 0. The molecule has 0 spiro atoms. The number of benzene rings is 2. The normalized spacial score (nSPS) is 10.9. The molecule has 0 aromatic heterocycles. The molecule has 2 aromatic carbocycles. The molecule has 0 heterocycles. The first-order chi connectivity index (χ1) is 12.4. The average molecular weight is 1020 g/mol. The summed E-state index contributed by atoms with van der Waals surface area (Å²) in [5.41, 5.74) is 0.292. The Balaban J connectivity index is 2.52. The van der Waals surface area contributed by atoms with Crippen molar-refractivity contribution in [3.8, 4) is 0 Å². The fourth-order valence-electron chi connectivity index (χ4n) is 1.75. The molecule has 0 saturated carbocycles. The van der Waals surface area contributed by atoms with E-state index < -0.39 is 11.9 Å². The number of rotatable bonds is 2. The Morgan fingerprint density at radius 2 is 0.593 bits per heavy atom. The molecule has 0 aliphatic heterocycles. The summed E-state index contributed by atoms with van der Waals surface area (Å²) >= 11 is 33.7. The molecule has 144 valence electrons. The number of carbonyl (C=O) groups is 2. The van der Waals surface area contributed by atoms with E-state index in [0.29, 0.717) is 44.7 Å². The molecule has 0 aliphatic rings. The quantitative estimate of drug-likeness (QED) is 0.130. The second-order valence-electron chi connectivity index (χ2n) is 4.57. The minimum Gasteiger partial charge on any atom is -0.386 e. The van der Waals surface area contributed by atoms with Gasteiger partial charge in [-0.05, 0) is 159 Å². The molecule has 0 aliphatic carbocycles. The third-order valence-electron chi connectivity index (χ3n) is 3.01. The zero-order valence-corrected chi connectivity index (χ0v) is 27.9. The van der Waals surface area contributed by atoms with Crippen molar-refractivity contribution in [3.63, 3.8) is 0 Å². The SMILES string of the molecule is O=C(OC(=O)c1c(Br)c(Br)c(Br)c(Br)c1Br)c1c(Br)c(Br)c(Br)c(Br)c1Br. The summed E-state index contributed by atoms with van der Waals surface area (Å²) in [7, 11) is 0. The average Bonchev–Trinajstić information content (AvgIpc) is 2.61. The molecule has 0 saturated heterocycles. The van der Waals surface area contributed by atoms with Crippen LogP contribution in [0.3, 0.4) is 0 Å². The number of ether oxygens (including phenoxy) is 1. The van der Waals surface area contributed by atoms with E-state index in [9.17, 15) is 9.59 Å². The highest BCUT2D eigenvalue weighted by molar-refractivity contribution is 9.16. The van der Waals surface area contributed by atoms with Gasteiger partial charge in [0.1, 0.15) is 0 Å². The third kappa shape index (κ3) is 5.08. The Labute approximate surface area is 237 Å². The molecule has 0 bridgehead atoms. The smallest absolute Gasteiger partial charge is 0.348 e. The zero-order chi connectivity index (χ0) is 20.8. The van der Waals surface area contributed by atoms with Crippen molar-refractivity contribution < 1.29 is 14.3 Å². The molecule has 27 heavy (non-hydrogen) atoms. The molecule has 2 rings (SSSR count). The highest BCUT2D eigenvalue weighted by atomic mass is 79.9. The maximum Gasteiger partial charge on any atom is 0.348 e. The summed E-state index contributed by atoms with van der Waals surface area (Å²) in [5.74, 6) is -1.66. The van der Waals surface area contributed by atoms with E-state index in [1.54, 1.807) is 0 Å². The van der Waals surface area contributed by atoms with Crippen LogP contribution in [0.25, 0.3) is 0 Å². The topological polar surface area (TPSA) is 43.4 Å². The van der Waals surface area contributed by atoms with Crippen molar-refractivity contribution >= 4 is 171 Å². The Morgan fingerprint density at radius 3 is 0.815 bits per heavy atom. The molecule has 0 unspecified atom stereocenters. The van der Waals surface area contributed by atoms with Crippen molar-refractivity contribution in [1.82, 2.24) is 0 Å². The van der Waals surface area contributed by atoms with Crippen LogP contribution in [0.2, 0.25) is 0 Å². The Morgan fingerprint density at radius 1 is 0.407 bits per heavy atom. The first kappa shape index (κ1) is 25.6. The lowest BCUT2D eigenvalue weighted by atomic mass is 10.2.